The predicted octanol–water partition coefficient (Wildman–Crippen LogP) is 3.36. The van der Waals surface area contributed by atoms with Crippen LogP contribution >= 0.6 is 15.9 Å². The van der Waals surface area contributed by atoms with Crippen LogP contribution in [0.4, 0.5) is 5.69 Å². The van der Waals surface area contributed by atoms with Gasteiger partial charge in [-0.1, -0.05) is 15.9 Å². The lowest BCUT2D eigenvalue weighted by molar-refractivity contribution is -0.118. The minimum absolute atomic E-state index is 0.0175. The van der Waals surface area contributed by atoms with Gasteiger partial charge in [-0.15, -0.1) is 0 Å². The molecule has 1 aliphatic rings. The summed E-state index contributed by atoms with van der Waals surface area (Å²) in [4.78, 5) is 14.8. The molecule has 8 heteroatoms. The number of ether oxygens (including phenoxy) is 1. The molecule has 0 aromatic heterocycles. The third-order valence-electron chi connectivity index (χ3n) is 4.96. The number of carbonyl (C=O) groups excluding carboxylic acids is 1. The molecule has 3 rings (SSSR count). The number of halogens is 1. The SMILES string of the molecule is COc1ccc(S(=O)(=O)N(C)CC(=O)N2c3ccc(Br)cc3CC2C)cc1C. The van der Waals surface area contributed by atoms with Gasteiger partial charge < -0.3 is 9.64 Å². The molecule has 0 spiro atoms. The average Bonchev–Trinajstić information content (AvgIpc) is 2.96. The molecule has 0 fully saturated rings. The van der Waals surface area contributed by atoms with E-state index in [0.29, 0.717) is 5.75 Å². The second kappa shape index (κ2) is 7.85. The van der Waals surface area contributed by atoms with Crippen molar-refractivity contribution in [3.8, 4) is 5.75 Å². The Balaban J connectivity index is 1.82. The fourth-order valence-electron chi connectivity index (χ4n) is 3.52. The van der Waals surface area contributed by atoms with Crippen molar-refractivity contribution < 1.29 is 17.9 Å². The Morgan fingerprint density at radius 1 is 1.29 bits per heavy atom. The first-order valence-corrected chi connectivity index (χ1v) is 11.1. The molecular weight excluding hydrogens is 444 g/mol. The summed E-state index contributed by atoms with van der Waals surface area (Å²) in [6, 6.07) is 10.4. The number of sulfonamides is 1. The summed E-state index contributed by atoms with van der Waals surface area (Å²) >= 11 is 3.45. The summed E-state index contributed by atoms with van der Waals surface area (Å²) in [6.07, 6.45) is 0.745. The third-order valence-corrected chi connectivity index (χ3v) is 7.25. The zero-order chi connectivity index (χ0) is 20.6. The summed E-state index contributed by atoms with van der Waals surface area (Å²) in [5, 5.41) is 0. The lowest BCUT2D eigenvalue weighted by Crippen LogP contribution is -2.43. The van der Waals surface area contributed by atoms with Crippen LogP contribution in [0.15, 0.2) is 45.8 Å². The van der Waals surface area contributed by atoms with E-state index >= 15 is 0 Å². The van der Waals surface area contributed by atoms with Crippen LogP contribution < -0.4 is 9.64 Å². The van der Waals surface area contributed by atoms with Crippen molar-refractivity contribution in [2.45, 2.75) is 31.2 Å². The van der Waals surface area contributed by atoms with Crippen LogP contribution in [0, 0.1) is 6.92 Å². The van der Waals surface area contributed by atoms with E-state index in [9.17, 15) is 13.2 Å². The largest absolute Gasteiger partial charge is 0.496 e. The van der Waals surface area contributed by atoms with E-state index in [-0.39, 0.29) is 23.4 Å². The molecular formula is C20H23BrN2O4S. The first kappa shape index (κ1) is 20.8. The number of likely N-dealkylation sites (N-methyl/N-ethyl adjacent to an activating group) is 1. The molecule has 1 atom stereocenters. The zero-order valence-corrected chi connectivity index (χ0v) is 18.7. The van der Waals surface area contributed by atoms with Gasteiger partial charge in [-0.05, 0) is 67.8 Å². The number of carbonyl (C=O) groups is 1. The monoisotopic (exact) mass is 466 g/mol. The van der Waals surface area contributed by atoms with Crippen LogP contribution in [0.5, 0.6) is 5.75 Å². The Morgan fingerprint density at radius 2 is 2.00 bits per heavy atom. The predicted molar refractivity (Wildman–Crippen MR) is 112 cm³/mol. The summed E-state index contributed by atoms with van der Waals surface area (Å²) in [5.41, 5.74) is 2.63. The van der Waals surface area contributed by atoms with E-state index < -0.39 is 10.0 Å². The summed E-state index contributed by atoms with van der Waals surface area (Å²) in [5.74, 6) is 0.371. The molecule has 0 bridgehead atoms. The van der Waals surface area contributed by atoms with Crippen LogP contribution in [-0.4, -0.2) is 45.4 Å². The van der Waals surface area contributed by atoms with E-state index in [1.54, 1.807) is 24.0 Å². The molecule has 0 radical (unpaired) electrons. The van der Waals surface area contributed by atoms with Crippen molar-refractivity contribution in [3.05, 3.63) is 52.0 Å². The number of anilines is 1. The van der Waals surface area contributed by atoms with E-state index in [1.807, 2.05) is 25.1 Å². The van der Waals surface area contributed by atoms with Crippen molar-refractivity contribution in [2.24, 2.45) is 0 Å². The van der Waals surface area contributed by atoms with Crippen LogP contribution in [-0.2, 0) is 21.2 Å². The minimum atomic E-state index is -3.79. The quantitative estimate of drug-likeness (QED) is 0.677. The molecule has 0 N–H and O–H groups in total. The lowest BCUT2D eigenvalue weighted by atomic mass is 10.1. The number of hydrogen-bond acceptors (Lipinski definition) is 4. The second-order valence-corrected chi connectivity index (χ2v) is 9.94. The van der Waals surface area contributed by atoms with Gasteiger partial charge in [0.1, 0.15) is 5.75 Å². The van der Waals surface area contributed by atoms with Gasteiger partial charge >= 0.3 is 0 Å². The topological polar surface area (TPSA) is 66.9 Å². The molecule has 2 aromatic carbocycles. The Kier molecular flexibility index (Phi) is 5.84. The molecule has 28 heavy (non-hydrogen) atoms. The summed E-state index contributed by atoms with van der Waals surface area (Å²) < 4.78 is 33.1. The number of amides is 1. The van der Waals surface area contributed by atoms with Crippen molar-refractivity contribution >= 4 is 37.5 Å². The first-order valence-electron chi connectivity index (χ1n) is 8.86. The molecule has 2 aromatic rings. The molecule has 1 amide bonds. The highest BCUT2D eigenvalue weighted by Crippen LogP contribution is 2.34. The van der Waals surface area contributed by atoms with E-state index in [4.69, 9.17) is 4.74 Å². The standard InChI is InChI=1S/C20H23BrN2O4S/c1-13-9-17(6-8-19(13)27-4)28(25,26)22(3)12-20(24)23-14(2)10-15-11-16(21)5-7-18(15)23/h5-9,11,14H,10,12H2,1-4H3. The van der Waals surface area contributed by atoms with Gasteiger partial charge in [0.2, 0.25) is 15.9 Å². The van der Waals surface area contributed by atoms with Gasteiger partial charge in [0.15, 0.2) is 0 Å². The fourth-order valence-corrected chi connectivity index (χ4v) is 5.14. The maximum Gasteiger partial charge on any atom is 0.243 e. The average molecular weight is 467 g/mol. The number of benzene rings is 2. The van der Waals surface area contributed by atoms with Crippen LogP contribution in [0.2, 0.25) is 0 Å². The Hall–Kier alpha value is -1.90. The number of hydrogen-bond donors (Lipinski definition) is 0. The van der Waals surface area contributed by atoms with Crippen LogP contribution in [0.1, 0.15) is 18.1 Å². The number of nitrogens with zero attached hydrogens (tertiary/aromatic N) is 2. The van der Waals surface area contributed by atoms with Gasteiger partial charge in [0.05, 0.1) is 18.6 Å². The molecule has 1 aliphatic heterocycles. The van der Waals surface area contributed by atoms with Crippen molar-refractivity contribution in [3.63, 3.8) is 0 Å². The van der Waals surface area contributed by atoms with Gasteiger partial charge in [0, 0.05) is 23.2 Å². The minimum Gasteiger partial charge on any atom is -0.496 e. The summed E-state index contributed by atoms with van der Waals surface area (Å²) in [7, 11) is -0.827. The molecule has 0 saturated carbocycles. The number of fused-ring (bicyclic) bond motifs is 1. The maximum atomic E-state index is 12.9. The number of methoxy groups -OCH3 is 1. The molecule has 1 unspecified atom stereocenters. The van der Waals surface area contributed by atoms with Gasteiger partial charge in [-0.2, -0.15) is 4.31 Å². The number of aryl methyl sites for hydroxylation is 1. The zero-order valence-electron chi connectivity index (χ0n) is 16.3. The van der Waals surface area contributed by atoms with Crippen molar-refractivity contribution in [1.29, 1.82) is 0 Å². The molecule has 0 aliphatic carbocycles. The Bertz CT molecular complexity index is 1020. The molecule has 1 heterocycles. The van der Waals surface area contributed by atoms with E-state index in [0.717, 1.165) is 32.0 Å². The molecule has 150 valence electrons. The van der Waals surface area contributed by atoms with Crippen LogP contribution in [0.25, 0.3) is 0 Å². The highest BCUT2D eigenvalue weighted by Gasteiger charge is 2.33. The highest BCUT2D eigenvalue weighted by atomic mass is 79.9. The first-order chi connectivity index (χ1) is 13.1. The van der Waals surface area contributed by atoms with Gasteiger partial charge in [0.25, 0.3) is 0 Å². The maximum absolute atomic E-state index is 12.9. The van der Waals surface area contributed by atoms with E-state index in [2.05, 4.69) is 15.9 Å². The van der Waals surface area contributed by atoms with Crippen LogP contribution in [0.3, 0.4) is 0 Å². The smallest absolute Gasteiger partial charge is 0.243 e. The fraction of sp³-hybridized carbons (Fsp3) is 0.350. The third kappa shape index (κ3) is 3.81. The van der Waals surface area contributed by atoms with Crippen molar-refractivity contribution in [1.82, 2.24) is 4.31 Å². The Morgan fingerprint density at radius 3 is 2.64 bits per heavy atom. The second-order valence-electron chi connectivity index (χ2n) is 6.98. The molecule has 6 nitrogen and oxygen atoms in total. The van der Waals surface area contributed by atoms with Gasteiger partial charge in [-0.3, -0.25) is 4.79 Å². The highest BCUT2D eigenvalue weighted by molar-refractivity contribution is 9.10. The van der Waals surface area contributed by atoms with Gasteiger partial charge in [-0.25, -0.2) is 8.42 Å². The normalized spacial score (nSPS) is 16.4. The Labute approximate surface area is 174 Å². The number of rotatable bonds is 5. The summed E-state index contributed by atoms with van der Waals surface area (Å²) in [6.45, 7) is 3.52. The van der Waals surface area contributed by atoms with E-state index in [1.165, 1.54) is 20.2 Å². The molecule has 0 saturated heterocycles. The lowest BCUT2D eigenvalue weighted by Gasteiger charge is -2.25. The van der Waals surface area contributed by atoms with Crippen molar-refractivity contribution in [2.75, 3.05) is 25.6 Å².